The van der Waals surface area contributed by atoms with Gasteiger partial charge in [-0.3, -0.25) is 14.2 Å². The number of esters is 2. The van der Waals surface area contributed by atoms with Crippen LogP contribution in [-0.4, -0.2) is 70.0 Å². The van der Waals surface area contributed by atoms with Gasteiger partial charge >= 0.3 is 11.9 Å². The summed E-state index contributed by atoms with van der Waals surface area (Å²) in [5.74, 6) is -0.864. The number of allylic oxidation sites excluding steroid dienone is 18. The Morgan fingerprint density at radius 1 is 0.443 bits per heavy atom. The fourth-order valence-electron chi connectivity index (χ4n) is 7.08. The van der Waals surface area contributed by atoms with Crippen LogP contribution in [0.5, 0.6) is 0 Å². The molecule has 0 aliphatic carbocycles. The molecule has 400 valence electrons. The van der Waals surface area contributed by atoms with Crippen LogP contribution in [0.4, 0.5) is 0 Å². The molecule has 2 unspecified atom stereocenters. The molecule has 0 aromatic carbocycles. The second kappa shape index (κ2) is 50.6. The Hall–Kier alpha value is -3.33. The van der Waals surface area contributed by atoms with E-state index >= 15 is 0 Å². The maximum absolute atomic E-state index is 12.8. The maximum atomic E-state index is 12.8. The van der Waals surface area contributed by atoms with Gasteiger partial charge in [0.05, 0.1) is 27.7 Å². The number of hydrogen-bond acceptors (Lipinski definition) is 8. The fraction of sp³-hybridized carbons (Fsp3) is 0.667. The van der Waals surface area contributed by atoms with Crippen molar-refractivity contribution in [1.82, 2.24) is 0 Å². The number of nitrogens with zero attached hydrogens (tertiary/aromatic N) is 1. The smallest absolute Gasteiger partial charge is 0.306 e. The predicted molar refractivity (Wildman–Crippen MR) is 295 cm³/mol. The molecule has 0 N–H and O–H groups in total. The van der Waals surface area contributed by atoms with Crippen LogP contribution >= 0.6 is 7.82 Å². The molecule has 0 rings (SSSR count). The molecule has 0 spiro atoms. The Morgan fingerprint density at radius 3 is 1.14 bits per heavy atom. The quantitative estimate of drug-likeness (QED) is 0.0195. The van der Waals surface area contributed by atoms with Crippen LogP contribution < -0.4 is 4.89 Å². The average molecular weight is 996 g/mol. The van der Waals surface area contributed by atoms with Gasteiger partial charge in [0.15, 0.2) is 6.10 Å². The highest BCUT2D eigenvalue weighted by atomic mass is 31.2. The largest absolute Gasteiger partial charge is 0.756 e. The maximum Gasteiger partial charge on any atom is 0.306 e. The predicted octanol–water partition coefficient (Wildman–Crippen LogP) is 16.4. The molecule has 0 radical (unpaired) electrons. The molecule has 0 aliphatic rings. The summed E-state index contributed by atoms with van der Waals surface area (Å²) >= 11 is 0. The Labute approximate surface area is 429 Å². The second-order valence-corrected chi connectivity index (χ2v) is 20.6. The molecule has 0 fully saturated rings. The zero-order valence-electron chi connectivity index (χ0n) is 45.2. The van der Waals surface area contributed by atoms with E-state index in [1.54, 1.807) is 0 Å². The third kappa shape index (κ3) is 54.0. The zero-order chi connectivity index (χ0) is 51.3. The van der Waals surface area contributed by atoms with Gasteiger partial charge in [-0.2, -0.15) is 0 Å². The van der Waals surface area contributed by atoms with Crippen LogP contribution in [0.25, 0.3) is 0 Å². The molecule has 70 heavy (non-hydrogen) atoms. The van der Waals surface area contributed by atoms with Gasteiger partial charge in [-0.05, 0) is 96.3 Å². The van der Waals surface area contributed by atoms with Crippen molar-refractivity contribution in [3.63, 3.8) is 0 Å². The lowest BCUT2D eigenvalue weighted by Gasteiger charge is -2.28. The molecule has 0 bridgehead atoms. The standard InChI is InChI=1S/C60H102NO8P/c1-6-8-10-12-14-16-18-20-22-24-26-28-29-30-31-33-34-36-38-40-42-44-46-48-50-52-59(62)66-56-58(57-68-70(64,65)67-55-54-61(3,4)5)69-60(63)53-51-49-47-45-43-41-39-37-35-32-27-25-23-21-19-17-15-13-11-9-7-2/h8-11,14-17,20-23,26-28,32,37,39,58H,6-7,12-13,18-19,24-25,29-31,33-36,38,40-57H2,1-5H3/b10-8-,11-9-,16-14-,17-15-,22-20-,23-21-,28-26-,32-27-,39-37-. The number of carbonyl (C=O) groups excluding carboxylic acids is 2. The van der Waals surface area contributed by atoms with Crippen LogP contribution in [-0.2, 0) is 32.7 Å². The van der Waals surface area contributed by atoms with Crippen LogP contribution in [0.1, 0.15) is 206 Å². The lowest BCUT2D eigenvalue weighted by Crippen LogP contribution is -2.37. The minimum atomic E-state index is -4.65. The number of likely N-dealkylation sites (N-methyl/N-ethyl adjacent to an activating group) is 1. The number of carbonyl (C=O) groups is 2. The molecule has 0 aromatic heterocycles. The van der Waals surface area contributed by atoms with Gasteiger partial charge in [-0.1, -0.05) is 207 Å². The Bertz CT molecular complexity index is 1550. The van der Waals surface area contributed by atoms with Gasteiger partial charge in [0, 0.05) is 12.8 Å². The van der Waals surface area contributed by atoms with E-state index in [4.69, 9.17) is 18.5 Å². The topological polar surface area (TPSA) is 111 Å². The van der Waals surface area contributed by atoms with Crippen molar-refractivity contribution in [3.05, 3.63) is 109 Å². The van der Waals surface area contributed by atoms with Gasteiger partial charge in [-0.25, -0.2) is 0 Å². The van der Waals surface area contributed by atoms with E-state index in [0.29, 0.717) is 17.4 Å². The van der Waals surface area contributed by atoms with E-state index in [-0.39, 0.29) is 26.1 Å². The summed E-state index contributed by atoms with van der Waals surface area (Å²) in [7, 11) is 1.14. The monoisotopic (exact) mass is 996 g/mol. The van der Waals surface area contributed by atoms with Crippen molar-refractivity contribution in [3.8, 4) is 0 Å². The van der Waals surface area contributed by atoms with E-state index in [1.807, 2.05) is 21.1 Å². The summed E-state index contributed by atoms with van der Waals surface area (Å²) < 4.78 is 34.1. The molecule has 0 saturated heterocycles. The third-order valence-electron chi connectivity index (χ3n) is 11.3. The van der Waals surface area contributed by atoms with Crippen molar-refractivity contribution in [2.75, 3.05) is 47.5 Å². The van der Waals surface area contributed by atoms with E-state index in [2.05, 4.69) is 123 Å². The summed E-state index contributed by atoms with van der Waals surface area (Å²) in [5.41, 5.74) is 0. The number of phosphoric ester groups is 1. The second-order valence-electron chi connectivity index (χ2n) is 19.2. The van der Waals surface area contributed by atoms with E-state index in [9.17, 15) is 19.0 Å². The molecule has 0 aliphatic heterocycles. The van der Waals surface area contributed by atoms with Crippen LogP contribution in [0.15, 0.2) is 109 Å². The van der Waals surface area contributed by atoms with Gasteiger partial charge in [-0.15, -0.1) is 0 Å². The van der Waals surface area contributed by atoms with Gasteiger partial charge in [0.25, 0.3) is 7.82 Å². The minimum absolute atomic E-state index is 0.0410. The van der Waals surface area contributed by atoms with E-state index < -0.39 is 32.5 Å². The summed E-state index contributed by atoms with van der Waals surface area (Å²) in [6.45, 7) is 3.98. The molecule has 2 atom stereocenters. The molecule has 0 heterocycles. The number of ether oxygens (including phenoxy) is 2. The van der Waals surface area contributed by atoms with Crippen molar-refractivity contribution < 1.29 is 42.1 Å². The van der Waals surface area contributed by atoms with E-state index in [1.165, 1.54) is 57.8 Å². The van der Waals surface area contributed by atoms with Crippen molar-refractivity contribution in [1.29, 1.82) is 0 Å². The molecular formula is C60H102NO8P. The van der Waals surface area contributed by atoms with Crippen LogP contribution in [0.3, 0.4) is 0 Å². The SMILES string of the molecule is CC/C=C\C/C=C\C/C=C\C/C=C\C/C=C\CCCCCCCC(=O)OC(COC(=O)CCCCCCCCCCCCCC/C=C\C/C=C\C/C=C\C/C=C\CC)COP(=O)([O-])OCC[N+](C)(C)C. The summed E-state index contributed by atoms with van der Waals surface area (Å²) in [6.07, 6.45) is 69.8. The number of unbranched alkanes of at least 4 members (excludes halogenated alkanes) is 17. The average Bonchev–Trinajstić information content (AvgIpc) is 3.32. The molecule has 0 aromatic rings. The first-order valence-corrected chi connectivity index (χ1v) is 29.1. The first-order chi connectivity index (χ1) is 34.0. The van der Waals surface area contributed by atoms with E-state index in [0.717, 1.165) is 116 Å². The third-order valence-corrected chi connectivity index (χ3v) is 12.3. The van der Waals surface area contributed by atoms with Crippen LogP contribution in [0.2, 0.25) is 0 Å². The number of quaternary nitrogens is 1. The minimum Gasteiger partial charge on any atom is -0.756 e. The lowest BCUT2D eigenvalue weighted by molar-refractivity contribution is -0.870. The van der Waals surface area contributed by atoms with Gasteiger partial charge in [0.1, 0.15) is 19.8 Å². The lowest BCUT2D eigenvalue weighted by atomic mass is 10.0. The summed E-state index contributed by atoms with van der Waals surface area (Å²) in [6, 6.07) is 0. The van der Waals surface area contributed by atoms with Gasteiger partial charge < -0.3 is 27.9 Å². The highest BCUT2D eigenvalue weighted by Gasteiger charge is 2.21. The van der Waals surface area contributed by atoms with Gasteiger partial charge in [0.2, 0.25) is 0 Å². The zero-order valence-corrected chi connectivity index (χ0v) is 46.1. The van der Waals surface area contributed by atoms with Crippen molar-refractivity contribution in [2.45, 2.75) is 213 Å². The number of hydrogen-bond donors (Lipinski definition) is 0. The molecule has 9 nitrogen and oxygen atoms in total. The summed E-state index contributed by atoms with van der Waals surface area (Å²) in [4.78, 5) is 37.8. The number of rotatable bonds is 49. The Kier molecular flexibility index (Phi) is 48.2. The normalized spacial score (nSPS) is 14.2. The Morgan fingerprint density at radius 2 is 0.771 bits per heavy atom. The summed E-state index contributed by atoms with van der Waals surface area (Å²) in [5, 5.41) is 0. The van der Waals surface area contributed by atoms with Crippen LogP contribution in [0, 0.1) is 0 Å². The number of phosphoric acid groups is 1. The molecule has 0 saturated carbocycles. The fourth-order valence-corrected chi connectivity index (χ4v) is 7.81. The highest BCUT2D eigenvalue weighted by molar-refractivity contribution is 7.45. The van der Waals surface area contributed by atoms with Crippen molar-refractivity contribution >= 4 is 19.8 Å². The highest BCUT2D eigenvalue weighted by Crippen LogP contribution is 2.38. The Balaban J connectivity index is 4.25. The molecule has 0 amide bonds. The molecular weight excluding hydrogens is 894 g/mol. The van der Waals surface area contributed by atoms with Crippen molar-refractivity contribution in [2.24, 2.45) is 0 Å². The molecule has 10 heteroatoms. The first kappa shape index (κ1) is 66.7. The first-order valence-electron chi connectivity index (χ1n) is 27.6.